The van der Waals surface area contributed by atoms with Crippen LogP contribution in [0.4, 0.5) is 5.69 Å². The van der Waals surface area contributed by atoms with E-state index in [1.165, 1.54) is 38.0 Å². The maximum absolute atomic E-state index is 14.4. The molecule has 1 saturated heterocycles. The first-order chi connectivity index (χ1) is 21.0. The third-order valence-electron chi connectivity index (χ3n) is 7.38. The van der Waals surface area contributed by atoms with E-state index in [1.807, 2.05) is 24.3 Å². The van der Waals surface area contributed by atoms with Crippen molar-refractivity contribution in [3.63, 3.8) is 0 Å². The Morgan fingerprint density at radius 1 is 0.977 bits per heavy atom. The molecule has 0 spiro atoms. The first kappa shape index (κ1) is 29.6. The van der Waals surface area contributed by atoms with E-state index in [9.17, 15) is 9.59 Å². The van der Waals surface area contributed by atoms with Crippen molar-refractivity contribution < 1.29 is 33.3 Å². The van der Waals surface area contributed by atoms with Gasteiger partial charge in [-0.15, -0.1) is 5.10 Å². The van der Waals surface area contributed by atoms with Gasteiger partial charge in [0.05, 0.1) is 40.1 Å². The number of para-hydroxylation sites is 2. The summed E-state index contributed by atoms with van der Waals surface area (Å²) < 4.78 is 29.6. The third kappa shape index (κ3) is 6.19. The van der Waals surface area contributed by atoms with Crippen LogP contribution in [0, 0.1) is 0 Å². The summed E-state index contributed by atoms with van der Waals surface area (Å²) in [6, 6.07) is 16.4. The average Bonchev–Trinajstić information content (AvgIpc) is 3.72. The summed E-state index contributed by atoms with van der Waals surface area (Å²) in [5.74, 6) is 0.753. The van der Waals surface area contributed by atoms with E-state index in [4.69, 9.17) is 23.7 Å². The highest BCUT2D eigenvalue weighted by Gasteiger charge is 2.37. The molecule has 0 saturated carbocycles. The maximum atomic E-state index is 14.4. The molecule has 2 amide bonds. The van der Waals surface area contributed by atoms with Crippen LogP contribution >= 0.6 is 0 Å². The topological polar surface area (TPSA) is 126 Å². The predicted molar refractivity (Wildman–Crippen MR) is 159 cm³/mol. The normalized spacial score (nSPS) is 15.1. The molecule has 12 nitrogen and oxygen atoms in total. The van der Waals surface area contributed by atoms with E-state index in [2.05, 4.69) is 15.6 Å². The van der Waals surface area contributed by atoms with Crippen LogP contribution in [0.3, 0.4) is 0 Å². The first-order valence-electron chi connectivity index (χ1n) is 13.9. The van der Waals surface area contributed by atoms with E-state index in [1.54, 1.807) is 36.4 Å². The van der Waals surface area contributed by atoms with Gasteiger partial charge in [-0.25, -0.2) is 4.68 Å². The number of nitrogens with zero attached hydrogens (tertiary/aromatic N) is 4. The number of amides is 2. The standard InChI is InChI=1S/C31H35N5O7/c1-39-25-15-14-20(17-27(25)41-3)36(28(37)19-35-24-12-6-5-11-23(24)33-34-35)29(31(38)32-18-21-9-8-16-43-21)22-10-7-13-26(40-2)30(22)42-4/h5-7,10-15,17,21,29H,8-9,16,18-19H2,1-4H3,(H,32,38)/t21-,29-/m0/s1. The minimum atomic E-state index is -1.17. The van der Waals surface area contributed by atoms with Crippen molar-refractivity contribution in [2.75, 3.05) is 46.5 Å². The number of hydrogen-bond acceptors (Lipinski definition) is 9. The second-order valence-corrected chi connectivity index (χ2v) is 9.90. The van der Waals surface area contributed by atoms with Gasteiger partial charge < -0.3 is 29.0 Å². The van der Waals surface area contributed by atoms with Crippen LogP contribution in [0.5, 0.6) is 23.0 Å². The van der Waals surface area contributed by atoms with E-state index in [0.717, 1.165) is 12.8 Å². The van der Waals surface area contributed by atoms with Gasteiger partial charge in [0, 0.05) is 30.5 Å². The number of nitrogens with one attached hydrogen (secondary N) is 1. The molecule has 2 atom stereocenters. The van der Waals surface area contributed by atoms with Crippen LogP contribution < -0.4 is 29.2 Å². The summed E-state index contributed by atoms with van der Waals surface area (Å²) in [5.41, 5.74) is 2.15. The number of fused-ring (bicyclic) bond motifs is 1. The number of hydrogen-bond donors (Lipinski definition) is 1. The van der Waals surface area contributed by atoms with E-state index >= 15 is 0 Å². The molecule has 43 heavy (non-hydrogen) atoms. The summed E-state index contributed by atoms with van der Waals surface area (Å²) in [5, 5.41) is 11.4. The van der Waals surface area contributed by atoms with Crippen molar-refractivity contribution in [2.24, 2.45) is 0 Å². The minimum Gasteiger partial charge on any atom is -0.493 e. The molecule has 1 N–H and O–H groups in total. The number of methoxy groups -OCH3 is 4. The zero-order chi connectivity index (χ0) is 30.3. The zero-order valence-corrected chi connectivity index (χ0v) is 24.6. The highest BCUT2D eigenvalue weighted by Crippen LogP contribution is 2.41. The SMILES string of the molecule is COc1ccc(N(C(=O)Cn2nnc3ccccc32)[C@H](C(=O)NC[C@@H]2CCCO2)c2cccc(OC)c2OC)cc1OC. The van der Waals surface area contributed by atoms with E-state index < -0.39 is 17.9 Å². The number of benzene rings is 3. The molecule has 0 aliphatic carbocycles. The monoisotopic (exact) mass is 589 g/mol. The fourth-order valence-corrected chi connectivity index (χ4v) is 5.29. The van der Waals surface area contributed by atoms with Gasteiger partial charge >= 0.3 is 0 Å². The van der Waals surface area contributed by atoms with Crippen LogP contribution in [0.1, 0.15) is 24.4 Å². The van der Waals surface area contributed by atoms with Gasteiger partial charge in [0.2, 0.25) is 11.8 Å². The zero-order valence-electron chi connectivity index (χ0n) is 24.6. The lowest BCUT2D eigenvalue weighted by atomic mass is 10.0. The summed E-state index contributed by atoms with van der Waals surface area (Å²) in [7, 11) is 6.04. The van der Waals surface area contributed by atoms with Gasteiger partial charge in [-0.1, -0.05) is 29.5 Å². The van der Waals surface area contributed by atoms with Gasteiger partial charge in [0.15, 0.2) is 23.0 Å². The van der Waals surface area contributed by atoms with Crippen LogP contribution in [0.25, 0.3) is 11.0 Å². The molecule has 0 bridgehead atoms. The molecule has 0 radical (unpaired) electrons. The number of aromatic nitrogens is 3. The molecule has 226 valence electrons. The minimum absolute atomic E-state index is 0.108. The summed E-state index contributed by atoms with van der Waals surface area (Å²) in [6.45, 7) is 0.746. The summed E-state index contributed by atoms with van der Waals surface area (Å²) in [4.78, 5) is 30.1. The molecule has 1 aliphatic rings. The van der Waals surface area contributed by atoms with Crippen molar-refractivity contribution in [3.8, 4) is 23.0 Å². The van der Waals surface area contributed by atoms with Crippen LogP contribution in [0.15, 0.2) is 60.7 Å². The first-order valence-corrected chi connectivity index (χ1v) is 13.9. The molecule has 1 fully saturated rings. The van der Waals surface area contributed by atoms with Crippen LogP contribution in [-0.2, 0) is 20.9 Å². The molecule has 1 aliphatic heterocycles. The Morgan fingerprint density at radius 2 is 1.77 bits per heavy atom. The van der Waals surface area contributed by atoms with Gasteiger partial charge in [0.25, 0.3) is 0 Å². The number of ether oxygens (including phenoxy) is 5. The maximum Gasteiger partial charge on any atom is 0.249 e. The summed E-state index contributed by atoms with van der Waals surface area (Å²) >= 11 is 0. The Morgan fingerprint density at radius 3 is 2.49 bits per heavy atom. The smallest absolute Gasteiger partial charge is 0.249 e. The van der Waals surface area contributed by atoms with E-state index in [0.29, 0.717) is 58.4 Å². The van der Waals surface area contributed by atoms with Gasteiger partial charge in [-0.3, -0.25) is 14.5 Å². The van der Waals surface area contributed by atoms with Gasteiger partial charge in [0.1, 0.15) is 18.1 Å². The molecule has 2 heterocycles. The lowest BCUT2D eigenvalue weighted by molar-refractivity contribution is -0.127. The van der Waals surface area contributed by atoms with Crippen molar-refractivity contribution in [1.29, 1.82) is 0 Å². The molecule has 12 heteroatoms. The quantitative estimate of drug-likeness (QED) is 0.264. The Labute approximate surface area is 249 Å². The highest BCUT2D eigenvalue weighted by atomic mass is 16.5. The number of rotatable bonds is 12. The molecular formula is C31H35N5O7. The van der Waals surface area contributed by atoms with Crippen LogP contribution in [-0.4, -0.2) is 74.5 Å². The van der Waals surface area contributed by atoms with Crippen molar-refractivity contribution >= 4 is 28.5 Å². The summed E-state index contributed by atoms with van der Waals surface area (Å²) in [6.07, 6.45) is 1.66. The molecule has 3 aromatic carbocycles. The van der Waals surface area contributed by atoms with E-state index in [-0.39, 0.29) is 12.6 Å². The van der Waals surface area contributed by atoms with Crippen molar-refractivity contribution in [3.05, 3.63) is 66.2 Å². The molecule has 1 aromatic heterocycles. The lowest BCUT2D eigenvalue weighted by Gasteiger charge is -2.33. The molecule has 5 rings (SSSR count). The Hall–Kier alpha value is -4.84. The largest absolute Gasteiger partial charge is 0.493 e. The Kier molecular flexibility index (Phi) is 9.26. The van der Waals surface area contributed by atoms with Gasteiger partial charge in [-0.05, 0) is 43.2 Å². The fourth-order valence-electron chi connectivity index (χ4n) is 5.29. The fraction of sp³-hybridized carbons (Fsp3) is 0.355. The van der Waals surface area contributed by atoms with Crippen molar-refractivity contribution in [2.45, 2.75) is 31.5 Å². The Bertz CT molecular complexity index is 1580. The number of carbonyl (C=O) groups is 2. The van der Waals surface area contributed by atoms with Crippen LogP contribution in [0.2, 0.25) is 0 Å². The predicted octanol–water partition coefficient (Wildman–Crippen LogP) is 3.54. The number of carbonyl (C=O) groups excluding carboxylic acids is 2. The molecule has 0 unspecified atom stereocenters. The number of anilines is 1. The molecule has 4 aromatic rings. The Balaban J connectivity index is 1.64. The lowest BCUT2D eigenvalue weighted by Crippen LogP contribution is -2.46. The average molecular weight is 590 g/mol. The third-order valence-corrected chi connectivity index (χ3v) is 7.38. The van der Waals surface area contributed by atoms with Gasteiger partial charge in [-0.2, -0.15) is 0 Å². The second kappa shape index (κ2) is 13.4. The van der Waals surface area contributed by atoms with Crippen molar-refractivity contribution in [1.82, 2.24) is 20.3 Å². The second-order valence-electron chi connectivity index (χ2n) is 9.90. The molecular weight excluding hydrogens is 554 g/mol. The highest BCUT2D eigenvalue weighted by molar-refractivity contribution is 6.02.